The van der Waals surface area contributed by atoms with Crippen LogP contribution in [0.2, 0.25) is 0 Å². The summed E-state index contributed by atoms with van der Waals surface area (Å²) in [7, 11) is 1.98. The summed E-state index contributed by atoms with van der Waals surface area (Å²) in [4.78, 5) is 14.5. The van der Waals surface area contributed by atoms with E-state index in [2.05, 4.69) is 56.4 Å². The fourth-order valence-electron chi connectivity index (χ4n) is 3.00. The normalized spacial score (nSPS) is 11.2. The van der Waals surface area contributed by atoms with E-state index >= 15 is 0 Å². The van der Waals surface area contributed by atoms with Gasteiger partial charge in [-0.2, -0.15) is 0 Å². The third-order valence-corrected chi connectivity index (χ3v) is 4.52. The quantitative estimate of drug-likeness (QED) is 0.790. The van der Waals surface area contributed by atoms with Crippen LogP contribution >= 0.6 is 0 Å². The Morgan fingerprint density at radius 2 is 1.80 bits per heavy atom. The predicted octanol–water partition coefficient (Wildman–Crippen LogP) is 4.75. The van der Waals surface area contributed by atoms with Crippen LogP contribution in [0.15, 0.2) is 42.5 Å². The zero-order chi connectivity index (χ0) is 18.4. The molecule has 0 aliphatic heterocycles. The number of carbonyl (C=O) groups is 1. The molecule has 0 atom stereocenters. The molecular formula is C22H30N2O. The van der Waals surface area contributed by atoms with Crippen molar-refractivity contribution in [2.75, 3.05) is 18.9 Å². The lowest BCUT2D eigenvalue weighted by Gasteiger charge is -2.18. The van der Waals surface area contributed by atoms with E-state index in [1.807, 2.05) is 31.0 Å². The molecule has 0 heterocycles. The molecule has 0 bridgehead atoms. The lowest BCUT2D eigenvalue weighted by Crippen LogP contribution is -2.30. The van der Waals surface area contributed by atoms with Gasteiger partial charge in [-0.1, -0.05) is 63.2 Å². The first kappa shape index (κ1) is 19.2. The minimum atomic E-state index is 0.0327. The second-order valence-corrected chi connectivity index (χ2v) is 7.08. The van der Waals surface area contributed by atoms with Gasteiger partial charge in [-0.25, -0.2) is 0 Å². The third kappa shape index (κ3) is 5.43. The van der Waals surface area contributed by atoms with Gasteiger partial charge in [0.15, 0.2) is 0 Å². The van der Waals surface area contributed by atoms with Gasteiger partial charge in [0.05, 0.1) is 6.54 Å². The maximum absolute atomic E-state index is 12.4. The molecule has 0 saturated heterocycles. The minimum Gasteiger partial charge on any atom is -0.324 e. The summed E-state index contributed by atoms with van der Waals surface area (Å²) in [5.74, 6) is 0.574. The summed E-state index contributed by atoms with van der Waals surface area (Å²) in [5, 5.41) is 3.09. The fourth-order valence-corrected chi connectivity index (χ4v) is 3.00. The number of amides is 1. The molecule has 1 N–H and O–H groups in total. The van der Waals surface area contributed by atoms with Gasteiger partial charge in [0.2, 0.25) is 5.91 Å². The van der Waals surface area contributed by atoms with Gasteiger partial charge in [-0.15, -0.1) is 0 Å². The highest BCUT2D eigenvalue weighted by molar-refractivity contribution is 5.93. The largest absolute Gasteiger partial charge is 0.324 e. The minimum absolute atomic E-state index is 0.0327. The first-order valence-electron chi connectivity index (χ1n) is 9.06. The number of para-hydroxylation sites is 1. The van der Waals surface area contributed by atoms with Gasteiger partial charge in [-0.05, 0) is 48.6 Å². The number of nitrogens with one attached hydrogen (secondary N) is 1. The molecule has 0 fully saturated rings. The van der Waals surface area contributed by atoms with E-state index in [0.29, 0.717) is 12.5 Å². The Bertz CT molecular complexity index is 704. The highest BCUT2D eigenvalue weighted by Gasteiger charge is 2.11. The van der Waals surface area contributed by atoms with Crippen LogP contribution in [-0.2, 0) is 17.8 Å². The van der Waals surface area contributed by atoms with Crippen molar-refractivity contribution in [2.45, 2.75) is 46.6 Å². The van der Waals surface area contributed by atoms with E-state index in [-0.39, 0.29) is 5.91 Å². The molecule has 0 unspecified atom stereocenters. The summed E-state index contributed by atoms with van der Waals surface area (Å²) >= 11 is 0. The van der Waals surface area contributed by atoms with Crippen molar-refractivity contribution in [3.8, 4) is 0 Å². The van der Waals surface area contributed by atoms with Crippen LogP contribution in [0.5, 0.6) is 0 Å². The first-order chi connectivity index (χ1) is 11.9. The Labute approximate surface area is 152 Å². The number of aryl methyl sites for hydroxylation is 2. The average Bonchev–Trinajstić information content (AvgIpc) is 2.57. The van der Waals surface area contributed by atoms with Crippen LogP contribution < -0.4 is 5.32 Å². The number of anilines is 1. The van der Waals surface area contributed by atoms with Crippen molar-refractivity contribution >= 4 is 11.6 Å². The van der Waals surface area contributed by atoms with Crippen molar-refractivity contribution in [1.82, 2.24) is 4.90 Å². The van der Waals surface area contributed by atoms with E-state index in [9.17, 15) is 4.79 Å². The maximum Gasteiger partial charge on any atom is 0.238 e. The molecule has 3 nitrogen and oxygen atoms in total. The van der Waals surface area contributed by atoms with Crippen molar-refractivity contribution in [1.29, 1.82) is 0 Å². The number of hydrogen-bond donors (Lipinski definition) is 1. The predicted molar refractivity (Wildman–Crippen MR) is 106 cm³/mol. The lowest BCUT2D eigenvalue weighted by atomic mass is 10.0. The van der Waals surface area contributed by atoms with Crippen LogP contribution in [0.4, 0.5) is 5.69 Å². The molecule has 2 aromatic rings. The van der Waals surface area contributed by atoms with Crippen molar-refractivity contribution in [2.24, 2.45) is 0 Å². The number of carbonyl (C=O) groups excluding carboxylic acids is 1. The molecule has 0 saturated carbocycles. The van der Waals surface area contributed by atoms with E-state index in [1.165, 1.54) is 16.7 Å². The van der Waals surface area contributed by atoms with Crippen molar-refractivity contribution in [3.05, 3.63) is 64.7 Å². The molecule has 0 radical (unpaired) electrons. The van der Waals surface area contributed by atoms with Crippen LogP contribution in [-0.4, -0.2) is 24.4 Å². The highest BCUT2D eigenvalue weighted by Crippen LogP contribution is 2.21. The lowest BCUT2D eigenvalue weighted by molar-refractivity contribution is -0.117. The van der Waals surface area contributed by atoms with Gasteiger partial charge in [0, 0.05) is 12.2 Å². The van der Waals surface area contributed by atoms with Gasteiger partial charge in [-0.3, -0.25) is 9.69 Å². The molecule has 0 aliphatic carbocycles. The summed E-state index contributed by atoms with van der Waals surface area (Å²) < 4.78 is 0. The zero-order valence-electron chi connectivity index (χ0n) is 16.1. The summed E-state index contributed by atoms with van der Waals surface area (Å²) in [6, 6.07) is 14.8. The molecule has 2 aromatic carbocycles. The first-order valence-corrected chi connectivity index (χ1v) is 9.06. The molecular weight excluding hydrogens is 308 g/mol. The van der Waals surface area contributed by atoms with E-state index in [1.54, 1.807) is 0 Å². The standard InChI is InChI=1S/C22H30N2O/c1-6-19-9-7-8-17(4)22(19)23-21(25)15-24(5)14-18-10-12-20(13-11-18)16(2)3/h7-13,16H,6,14-15H2,1-5H3,(H,23,25). The third-order valence-electron chi connectivity index (χ3n) is 4.52. The smallest absolute Gasteiger partial charge is 0.238 e. The molecule has 0 aromatic heterocycles. The van der Waals surface area contributed by atoms with Crippen LogP contribution in [0.3, 0.4) is 0 Å². The Morgan fingerprint density at radius 1 is 1.12 bits per heavy atom. The average molecular weight is 338 g/mol. The maximum atomic E-state index is 12.4. The zero-order valence-corrected chi connectivity index (χ0v) is 16.1. The number of hydrogen-bond acceptors (Lipinski definition) is 2. The van der Waals surface area contributed by atoms with Gasteiger partial charge in [0.25, 0.3) is 0 Å². The number of likely N-dealkylation sites (N-methyl/N-ethyl adjacent to an activating group) is 1. The van der Waals surface area contributed by atoms with Crippen LogP contribution in [0, 0.1) is 6.92 Å². The van der Waals surface area contributed by atoms with Crippen LogP contribution in [0.25, 0.3) is 0 Å². The fraction of sp³-hybridized carbons (Fsp3) is 0.409. The SMILES string of the molecule is CCc1cccc(C)c1NC(=O)CN(C)Cc1ccc(C(C)C)cc1. The van der Waals surface area contributed by atoms with Crippen molar-refractivity contribution in [3.63, 3.8) is 0 Å². The van der Waals surface area contributed by atoms with Gasteiger partial charge < -0.3 is 5.32 Å². The second-order valence-electron chi connectivity index (χ2n) is 7.08. The molecule has 0 aliphatic rings. The van der Waals surface area contributed by atoms with E-state index in [0.717, 1.165) is 24.2 Å². The molecule has 3 heteroatoms. The molecule has 0 spiro atoms. The number of rotatable bonds is 7. The van der Waals surface area contributed by atoms with Gasteiger partial charge >= 0.3 is 0 Å². The highest BCUT2D eigenvalue weighted by atomic mass is 16.2. The van der Waals surface area contributed by atoms with Gasteiger partial charge in [0.1, 0.15) is 0 Å². The molecule has 1 amide bonds. The summed E-state index contributed by atoms with van der Waals surface area (Å²) in [6.45, 7) is 9.68. The Morgan fingerprint density at radius 3 is 2.40 bits per heavy atom. The van der Waals surface area contributed by atoms with E-state index < -0.39 is 0 Å². The molecule has 25 heavy (non-hydrogen) atoms. The van der Waals surface area contributed by atoms with E-state index in [4.69, 9.17) is 0 Å². The number of benzene rings is 2. The van der Waals surface area contributed by atoms with Crippen LogP contribution in [0.1, 0.15) is 48.9 Å². The molecule has 2 rings (SSSR count). The Hall–Kier alpha value is -2.13. The topological polar surface area (TPSA) is 32.3 Å². The monoisotopic (exact) mass is 338 g/mol. The van der Waals surface area contributed by atoms with Crippen molar-refractivity contribution < 1.29 is 4.79 Å². The Kier molecular flexibility index (Phi) is 6.77. The number of nitrogens with zero attached hydrogens (tertiary/aromatic N) is 1. The molecule has 134 valence electrons. The second kappa shape index (κ2) is 8.82. The summed E-state index contributed by atoms with van der Waals surface area (Å²) in [5.41, 5.74) is 5.82. The Balaban J connectivity index is 1.94. The summed E-state index contributed by atoms with van der Waals surface area (Å²) in [6.07, 6.45) is 0.912.